The van der Waals surface area contributed by atoms with Gasteiger partial charge in [0.05, 0.1) is 0 Å². The fraction of sp³-hybridized carbons (Fsp3) is 0.400. The first-order chi connectivity index (χ1) is 12.6. The lowest BCUT2D eigenvalue weighted by Gasteiger charge is -2.51. The number of nitrogens with one attached hydrogen (secondary N) is 1. The van der Waals surface area contributed by atoms with E-state index in [1.165, 1.54) is 12.1 Å². The van der Waals surface area contributed by atoms with Crippen molar-refractivity contribution < 1.29 is 14.3 Å². The van der Waals surface area contributed by atoms with Crippen LogP contribution in [-0.2, 0) is 6.42 Å². The number of carbonyl (C=O) groups excluding carboxylic acids is 1. The molecule has 0 aliphatic carbocycles. The lowest BCUT2D eigenvalue weighted by Crippen LogP contribution is -2.64. The normalized spacial score (nSPS) is 27.3. The molecule has 3 aliphatic rings. The fourth-order valence-electron chi connectivity index (χ4n) is 4.26. The van der Waals surface area contributed by atoms with Crippen LogP contribution in [-0.4, -0.2) is 46.1 Å². The molecule has 0 radical (unpaired) electrons. The molecule has 0 spiro atoms. The Morgan fingerprint density at radius 1 is 1.31 bits per heavy atom. The summed E-state index contributed by atoms with van der Waals surface area (Å²) < 4.78 is 13.6. The van der Waals surface area contributed by atoms with E-state index in [2.05, 4.69) is 21.3 Å². The van der Waals surface area contributed by atoms with Gasteiger partial charge in [0.2, 0.25) is 0 Å². The van der Waals surface area contributed by atoms with Crippen molar-refractivity contribution in [3.8, 4) is 5.75 Å². The maximum atomic E-state index is 13.6. The Morgan fingerprint density at radius 2 is 2.12 bits per heavy atom. The van der Waals surface area contributed by atoms with Gasteiger partial charge in [-0.1, -0.05) is 6.07 Å². The topological polar surface area (TPSA) is 65.5 Å². The van der Waals surface area contributed by atoms with E-state index in [1.54, 1.807) is 6.20 Å². The summed E-state index contributed by atoms with van der Waals surface area (Å²) in [6.45, 7) is 2.10. The third-order valence-electron chi connectivity index (χ3n) is 5.64. The number of hydrogen-bond donors (Lipinski definition) is 2. The lowest BCUT2D eigenvalue weighted by atomic mass is 9.76. The number of phenols is 1. The van der Waals surface area contributed by atoms with Gasteiger partial charge in [-0.05, 0) is 68.1 Å². The van der Waals surface area contributed by atoms with Crippen molar-refractivity contribution in [2.45, 2.75) is 31.3 Å². The van der Waals surface area contributed by atoms with Crippen LogP contribution in [0, 0.1) is 11.7 Å². The summed E-state index contributed by atoms with van der Waals surface area (Å²) in [5.41, 5.74) is 1.39. The van der Waals surface area contributed by atoms with Gasteiger partial charge in [0.15, 0.2) is 11.6 Å². The number of amides is 1. The molecule has 0 unspecified atom stereocenters. The summed E-state index contributed by atoms with van der Waals surface area (Å²) in [6, 6.07) is 7.99. The average molecular weight is 355 g/mol. The smallest absolute Gasteiger partial charge is 0.251 e. The van der Waals surface area contributed by atoms with Crippen LogP contribution in [0.3, 0.4) is 0 Å². The highest BCUT2D eigenvalue weighted by Crippen LogP contribution is 2.34. The second kappa shape index (κ2) is 7.03. The molecule has 2 aromatic rings. The number of aromatic nitrogens is 1. The number of aromatic hydroxyl groups is 1. The molecule has 5 rings (SSSR count). The Labute approximate surface area is 151 Å². The highest BCUT2D eigenvalue weighted by Gasteiger charge is 2.42. The molecular formula is C20H22FN3O2. The van der Waals surface area contributed by atoms with Gasteiger partial charge in [0.25, 0.3) is 5.91 Å². The third-order valence-corrected chi connectivity index (χ3v) is 5.64. The molecule has 2 atom stereocenters. The molecule has 26 heavy (non-hydrogen) atoms. The molecule has 3 aliphatic heterocycles. The number of hydrogen-bond acceptors (Lipinski definition) is 4. The zero-order valence-electron chi connectivity index (χ0n) is 14.4. The van der Waals surface area contributed by atoms with Gasteiger partial charge in [0, 0.05) is 30.0 Å². The van der Waals surface area contributed by atoms with Gasteiger partial charge in [-0.3, -0.25) is 14.7 Å². The SMILES string of the molecule is O=C(N[C@@H]1C2CCN(CC2)[C@H]1Cc1cccnc1)c1ccc(O)c(F)c1. The predicted octanol–water partition coefficient (Wildman–Crippen LogP) is 2.36. The standard InChI is InChI=1S/C20H22FN3O2/c21-16-11-15(3-4-18(16)25)20(26)23-19-14-5-8-24(9-6-14)17(19)10-13-2-1-7-22-12-13/h1-4,7,11-12,14,17,19,25H,5-6,8-10H2,(H,23,26)/t17-,19+/m0/s1. The Kier molecular flexibility index (Phi) is 4.59. The Bertz CT molecular complexity index is 791. The number of halogens is 1. The van der Waals surface area contributed by atoms with Gasteiger partial charge in [-0.15, -0.1) is 0 Å². The van der Waals surface area contributed by atoms with Crippen LogP contribution in [0.25, 0.3) is 0 Å². The summed E-state index contributed by atoms with van der Waals surface area (Å²) in [4.78, 5) is 19.3. The molecular weight excluding hydrogens is 333 g/mol. The van der Waals surface area contributed by atoms with Crippen molar-refractivity contribution in [2.24, 2.45) is 5.92 Å². The Morgan fingerprint density at radius 3 is 2.81 bits per heavy atom. The number of benzene rings is 1. The van der Waals surface area contributed by atoms with Crippen LogP contribution in [0.15, 0.2) is 42.7 Å². The molecule has 136 valence electrons. The van der Waals surface area contributed by atoms with E-state index in [4.69, 9.17) is 0 Å². The summed E-state index contributed by atoms with van der Waals surface area (Å²) in [5.74, 6) is -1.08. The summed E-state index contributed by atoms with van der Waals surface area (Å²) in [5, 5.41) is 12.5. The molecule has 1 amide bonds. The Balaban J connectivity index is 1.54. The van der Waals surface area contributed by atoms with E-state index in [9.17, 15) is 14.3 Å². The van der Waals surface area contributed by atoms with Crippen molar-refractivity contribution in [3.05, 3.63) is 59.7 Å². The summed E-state index contributed by atoms with van der Waals surface area (Å²) in [6.07, 6.45) is 6.60. The van der Waals surface area contributed by atoms with Crippen LogP contribution >= 0.6 is 0 Å². The number of nitrogens with zero attached hydrogens (tertiary/aromatic N) is 2. The van der Waals surface area contributed by atoms with E-state index >= 15 is 0 Å². The molecule has 1 aromatic carbocycles. The largest absolute Gasteiger partial charge is 0.505 e. The van der Waals surface area contributed by atoms with E-state index in [0.717, 1.165) is 44.0 Å². The Hall–Kier alpha value is -2.47. The van der Waals surface area contributed by atoms with E-state index in [0.29, 0.717) is 5.92 Å². The third kappa shape index (κ3) is 3.29. The number of phenolic OH excluding ortho intramolecular Hbond substituents is 1. The summed E-state index contributed by atoms with van der Waals surface area (Å²) in [7, 11) is 0. The second-order valence-electron chi connectivity index (χ2n) is 7.17. The van der Waals surface area contributed by atoms with Gasteiger partial charge in [-0.25, -0.2) is 4.39 Å². The van der Waals surface area contributed by atoms with E-state index in [-0.39, 0.29) is 23.6 Å². The van der Waals surface area contributed by atoms with E-state index < -0.39 is 11.6 Å². The zero-order valence-corrected chi connectivity index (χ0v) is 14.4. The molecule has 0 saturated carbocycles. The number of pyridine rings is 1. The van der Waals surface area contributed by atoms with Crippen molar-refractivity contribution in [1.29, 1.82) is 0 Å². The molecule has 5 nitrogen and oxygen atoms in total. The van der Waals surface area contributed by atoms with Crippen molar-refractivity contribution in [1.82, 2.24) is 15.2 Å². The van der Waals surface area contributed by atoms with Crippen LogP contribution in [0.1, 0.15) is 28.8 Å². The maximum absolute atomic E-state index is 13.6. The first-order valence-electron chi connectivity index (χ1n) is 9.04. The molecule has 1 aromatic heterocycles. The molecule has 6 heteroatoms. The number of fused-ring (bicyclic) bond motifs is 3. The first kappa shape index (κ1) is 17.0. The van der Waals surface area contributed by atoms with Crippen molar-refractivity contribution in [2.75, 3.05) is 13.1 Å². The molecule has 2 bridgehead atoms. The first-order valence-corrected chi connectivity index (χ1v) is 9.04. The maximum Gasteiger partial charge on any atom is 0.251 e. The zero-order chi connectivity index (χ0) is 18.1. The minimum Gasteiger partial charge on any atom is -0.505 e. The summed E-state index contributed by atoms with van der Waals surface area (Å²) >= 11 is 0. The van der Waals surface area contributed by atoms with Crippen LogP contribution < -0.4 is 5.32 Å². The average Bonchev–Trinajstić information content (AvgIpc) is 2.67. The van der Waals surface area contributed by atoms with Crippen LogP contribution in [0.5, 0.6) is 5.75 Å². The van der Waals surface area contributed by atoms with Crippen molar-refractivity contribution in [3.63, 3.8) is 0 Å². The van der Waals surface area contributed by atoms with Gasteiger partial charge < -0.3 is 10.4 Å². The predicted molar refractivity (Wildman–Crippen MR) is 95.3 cm³/mol. The van der Waals surface area contributed by atoms with Gasteiger partial charge in [-0.2, -0.15) is 0 Å². The monoisotopic (exact) mass is 355 g/mol. The number of carbonyl (C=O) groups is 1. The van der Waals surface area contributed by atoms with Crippen molar-refractivity contribution >= 4 is 5.91 Å². The quantitative estimate of drug-likeness (QED) is 0.884. The molecule has 3 fully saturated rings. The van der Waals surface area contributed by atoms with Crippen LogP contribution in [0.2, 0.25) is 0 Å². The van der Waals surface area contributed by atoms with Crippen LogP contribution in [0.4, 0.5) is 4.39 Å². The highest BCUT2D eigenvalue weighted by atomic mass is 19.1. The van der Waals surface area contributed by atoms with E-state index in [1.807, 2.05) is 12.3 Å². The fourth-order valence-corrected chi connectivity index (χ4v) is 4.26. The van der Waals surface area contributed by atoms with Gasteiger partial charge in [0.1, 0.15) is 0 Å². The second-order valence-corrected chi connectivity index (χ2v) is 7.17. The molecule has 2 N–H and O–H groups in total. The van der Waals surface area contributed by atoms with Gasteiger partial charge >= 0.3 is 0 Å². The molecule has 3 saturated heterocycles. The molecule has 4 heterocycles. The highest BCUT2D eigenvalue weighted by molar-refractivity contribution is 5.94. The number of rotatable bonds is 4. The minimum atomic E-state index is -0.779. The minimum absolute atomic E-state index is 0.0297. The number of piperidine rings is 3. The lowest BCUT2D eigenvalue weighted by molar-refractivity contribution is 0.0136.